The van der Waals surface area contributed by atoms with E-state index in [-0.39, 0.29) is 6.03 Å². The third-order valence-corrected chi connectivity index (χ3v) is 5.83. The average Bonchev–Trinajstić information content (AvgIpc) is 2.92. The second-order valence-electron chi connectivity index (χ2n) is 6.58. The van der Waals surface area contributed by atoms with Crippen molar-refractivity contribution in [1.29, 1.82) is 0 Å². The van der Waals surface area contributed by atoms with Gasteiger partial charge in [0.25, 0.3) is 0 Å². The summed E-state index contributed by atoms with van der Waals surface area (Å²) in [4.78, 5) is 17.4. The van der Waals surface area contributed by atoms with Gasteiger partial charge in [-0.1, -0.05) is 12.1 Å². The minimum atomic E-state index is 0.0577. The molecule has 2 amide bonds. The second kappa shape index (κ2) is 8.06. The molecule has 2 aliphatic rings. The SMILES string of the molecule is Cc1cccc(NC(=O)N2CCCSCC2CN2CCCC2)c1. The number of rotatable bonds is 3. The number of nitrogens with zero attached hydrogens (tertiary/aromatic N) is 2. The molecule has 126 valence electrons. The summed E-state index contributed by atoms with van der Waals surface area (Å²) >= 11 is 1.99. The lowest BCUT2D eigenvalue weighted by atomic mass is 10.2. The quantitative estimate of drug-likeness (QED) is 0.920. The molecule has 1 atom stereocenters. The van der Waals surface area contributed by atoms with Gasteiger partial charge in [0, 0.05) is 24.5 Å². The van der Waals surface area contributed by atoms with Crippen LogP contribution in [0.25, 0.3) is 0 Å². The van der Waals surface area contributed by atoms with E-state index < -0.39 is 0 Å². The van der Waals surface area contributed by atoms with E-state index in [1.807, 2.05) is 30.0 Å². The van der Waals surface area contributed by atoms with Crippen molar-refractivity contribution in [2.24, 2.45) is 0 Å². The fourth-order valence-corrected chi connectivity index (χ4v) is 4.49. The van der Waals surface area contributed by atoms with E-state index >= 15 is 0 Å². The van der Waals surface area contributed by atoms with E-state index in [9.17, 15) is 4.79 Å². The Bertz CT molecular complexity index is 531. The van der Waals surface area contributed by atoms with Crippen LogP contribution >= 0.6 is 11.8 Å². The van der Waals surface area contributed by atoms with Crippen LogP contribution in [0, 0.1) is 6.92 Å². The zero-order valence-corrected chi connectivity index (χ0v) is 14.8. The number of anilines is 1. The monoisotopic (exact) mass is 333 g/mol. The predicted molar refractivity (Wildman–Crippen MR) is 98.3 cm³/mol. The topological polar surface area (TPSA) is 35.6 Å². The molecular weight excluding hydrogens is 306 g/mol. The number of amides is 2. The van der Waals surface area contributed by atoms with Gasteiger partial charge in [-0.3, -0.25) is 0 Å². The highest BCUT2D eigenvalue weighted by Gasteiger charge is 2.28. The van der Waals surface area contributed by atoms with Crippen molar-refractivity contribution in [2.45, 2.75) is 32.2 Å². The summed E-state index contributed by atoms with van der Waals surface area (Å²) in [5.41, 5.74) is 2.06. The minimum absolute atomic E-state index is 0.0577. The first kappa shape index (κ1) is 16.7. The number of aryl methyl sites for hydroxylation is 1. The second-order valence-corrected chi connectivity index (χ2v) is 7.73. The highest BCUT2D eigenvalue weighted by atomic mass is 32.2. The van der Waals surface area contributed by atoms with Gasteiger partial charge in [-0.05, 0) is 62.7 Å². The smallest absolute Gasteiger partial charge is 0.319 e. The zero-order chi connectivity index (χ0) is 16.1. The summed E-state index contributed by atoms with van der Waals surface area (Å²) in [6.07, 6.45) is 3.69. The molecule has 4 nitrogen and oxygen atoms in total. The van der Waals surface area contributed by atoms with Crippen LogP contribution in [0.3, 0.4) is 0 Å². The first-order valence-electron chi connectivity index (χ1n) is 8.67. The van der Waals surface area contributed by atoms with E-state index in [4.69, 9.17) is 0 Å². The maximum absolute atomic E-state index is 12.8. The summed E-state index contributed by atoms with van der Waals surface area (Å²) in [5, 5.41) is 3.09. The van der Waals surface area contributed by atoms with Crippen molar-refractivity contribution in [3.05, 3.63) is 29.8 Å². The first-order chi connectivity index (χ1) is 11.2. The van der Waals surface area contributed by atoms with Gasteiger partial charge in [0.2, 0.25) is 0 Å². The molecule has 0 radical (unpaired) electrons. The Morgan fingerprint density at radius 2 is 2.09 bits per heavy atom. The Morgan fingerprint density at radius 1 is 1.26 bits per heavy atom. The Morgan fingerprint density at radius 3 is 2.87 bits per heavy atom. The van der Waals surface area contributed by atoms with Gasteiger partial charge in [0.15, 0.2) is 0 Å². The molecule has 0 spiro atoms. The maximum Gasteiger partial charge on any atom is 0.322 e. The summed E-state index contributed by atoms with van der Waals surface area (Å²) in [5.74, 6) is 2.21. The van der Waals surface area contributed by atoms with E-state index in [0.717, 1.165) is 36.7 Å². The molecular formula is C18H27N3OS. The van der Waals surface area contributed by atoms with E-state index in [0.29, 0.717) is 6.04 Å². The fourth-order valence-electron chi connectivity index (χ4n) is 3.43. The molecule has 0 saturated carbocycles. The lowest BCUT2D eigenvalue weighted by Gasteiger charge is -2.32. The molecule has 1 aromatic rings. The molecule has 2 fully saturated rings. The molecule has 3 rings (SSSR count). The van der Waals surface area contributed by atoms with Crippen molar-refractivity contribution in [1.82, 2.24) is 9.80 Å². The van der Waals surface area contributed by atoms with Crippen molar-refractivity contribution >= 4 is 23.5 Å². The van der Waals surface area contributed by atoms with Crippen molar-refractivity contribution in [2.75, 3.05) is 43.0 Å². The summed E-state index contributed by atoms with van der Waals surface area (Å²) in [6.45, 7) is 6.31. The number of benzene rings is 1. The molecule has 1 aromatic carbocycles. The number of thioether (sulfide) groups is 1. The zero-order valence-electron chi connectivity index (χ0n) is 14.0. The molecule has 0 bridgehead atoms. The van der Waals surface area contributed by atoms with Crippen LogP contribution in [0.2, 0.25) is 0 Å². The van der Waals surface area contributed by atoms with Crippen LogP contribution in [-0.4, -0.2) is 59.6 Å². The van der Waals surface area contributed by atoms with Gasteiger partial charge < -0.3 is 15.1 Å². The summed E-state index contributed by atoms with van der Waals surface area (Å²) in [7, 11) is 0. The molecule has 1 unspecified atom stereocenters. The first-order valence-corrected chi connectivity index (χ1v) is 9.82. The number of carbonyl (C=O) groups excluding carboxylic acids is 1. The summed E-state index contributed by atoms with van der Waals surface area (Å²) in [6, 6.07) is 8.42. The van der Waals surface area contributed by atoms with Gasteiger partial charge in [-0.15, -0.1) is 0 Å². The van der Waals surface area contributed by atoms with Crippen molar-refractivity contribution in [3.63, 3.8) is 0 Å². The number of likely N-dealkylation sites (tertiary alicyclic amines) is 1. The molecule has 5 heteroatoms. The third-order valence-electron chi connectivity index (χ3n) is 4.64. The van der Waals surface area contributed by atoms with Crippen LogP contribution in [-0.2, 0) is 0 Å². The number of hydrogen-bond donors (Lipinski definition) is 1. The molecule has 23 heavy (non-hydrogen) atoms. The van der Waals surface area contributed by atoms with Crippen LogP contribution < -0.4 is 5.32 Å². The van der Waals surface area contributed by atoms with E-state index in [1.165, 1.54) is 31.5 Å². The summed E-state index contributed by atoms with van der Waals surface area (Å²) < 4.78 is 0. The van der Waals surface area contributed by atoms with Crippen LogP contribution in [0.15, 0.2) is 24.3 Å². The van der Waals surface area contributed by atoms with E-state index in [1.54, 1.807) is 0 Å². The lowest BCUT2D eigenvalue weighted by Crippen LogP contribution is -2.49. The highest BCUT2D eigenvalue weighted by Crippen LogP contribution is 2.20. The van der Waals surface area contributed by atoms with Gasteiger partial charge in [-0.25, -0.2) is 4.79 Å². The van der Waals surface area contributed by atoms with E-state index in [2.05, 4.69) is 28.1 Å². The normalized spacial score (nSPS) is 22.8. The van der Waals surface area contributed by atoms with Crippen molar-refractivity contribution < 1.29 is 4.79 Å². The van der Waals surface area contributed by atoms with Gasteiger partial charge in [-0.2, -0.15) is 11.8 Å². The van der Waals surface area contributed by atoms with Gasteiger partial charge >= 0.3 is 6.03 Å². The molecule has 0 aromatic heterocycles. The number of nitrogens with one attached hydrogen (secondary N) is 1. The average molecular weight is 334 g/mol. The standard InChI is InChI=1S/C18H27N3OS/c1-15-6-4-7-16(12-15)19-18(22)21-10-5-11-23-14-17(21)13-20-8-2-3-9-20/h4,6-7,12,17H,2-3,5,8-11,13-14H2,1H3,(H,19,22). The lowest BCUT2D eigenvalue weighted by molar-refractivity contribution is 0.173. The van der Waals surface area contributed by atoms with Crippen LogP contribution in [0.5, 0.6) is 0 Å². The Kier molecular flexibility index (Phi) is 5.84. The third kappa shape index (κ3) is 4.64. The maximum atomic E-state index is 12.8. The number of carbonyl (C=O) groups is 1. The molecule has 2 aliphatic heterocycles. The Labute approximate surface area is 143 Å². The molecule has 0 aliphatic carbocycles. The molecule has 2 saturated heterocycles. The Hall–Kier alpha value is -1.20. The molecule has 1 N–H and O–H groups in total. The minimum Gasteiger partial charge on any atom is -0.319 e. The Balaban J connectivity index is 1.66. The van der Waals surface area contributed by atoms with Crippen molar-refractivity contribution in [3.8, 4) is 0 Å². The molecule has 2 heterocycles. The number of urea groups is 1. The van der Waals surface area contributed by atoms with Crippen LogP contribution in [0.4, 0.5) is 10.5 Å². The highest BCUT2D eigenvalue weighted by molar-refractivity contribution is 7.99. The number of hydrogen-bond acceptors (Lipinski definition) is 3. The fraction of sp³-hybridized carbons (Fsp3) is 0.611. The van der Waals surface area contributed by atoms with Crippen LogP contribution in [0.1, 0.15) is 24.8 Å². The van der Waals surface area contributed by atoms with Gasteiger partial charge in [0.1, 0.15) is 0 Å². The largest absolute Gasteiger partial charge is 0.322 e. The van der Waals surface area contributed by atoms with Gasteiger partial charge in [0.05, 0.1) is 6.04 Å². The predicted octanol–water partition coefficient (Wildman–Crippen LogP) is 3.43.